The summed E-state index contributed by atoms with van der Waals surface area (Å²) in [6.45, 7) is 5.41. The molecule has 0 saturated heterocycles. The third-order valence-electron chi connectivity index (χ3n) is 4.56. The molecule has 1 nitrogen and oxygen atoms in total. The van der Waals surface area contributed by atoms with Crippen LogP contribution in [0.25, 0.3) is 0 Å². The van der Waals surface area contributed by atoms with Crippen LogP contribution in [0.1, 0.15) is 60.9 Å². The molecule has 1 aliphatic carbocycles. The molecule has 110 valence electrons. The molecule has 0 radical (unpaired) electrons. The van der Waals surface area contributed by atoms with Gasteiger partial charge in [-0.1, -0.05) is 55.5 Å². The van der Waals surface area contributed by atoms with E-state index < -0.39 is 0 Å². The van der Waals surface area contributed by atoms with Gasteiger partial charge in [-0.05, 0) is 54.4 Å². The van der Waals surface area contributed by atoms with Crippen molar-refractivity contribution >= 4 is 0 Å². The minimum absolute atomic E-state index is 0.392. The summed E-state index contributed by atoms with van der Waals surface area (Å²) < 4.78 is 0. The summed E-state index contributed by atoms with van der Waals surface area (Å²) in [5, 5.41) is 3.68. The SMILES string of the molecule is CCc1ccc(C(C)NCc2ccccc2C2CC2)cc1. The van der Waals surface area contributed by atoms with Crippen LogP contribution in [0.5, 0.6) is 0 Å². The Hall–Kier alpha value is -1.60. The molecule has 1 atom stereocenters. The number of aryl methyl sites for hydroxylation is 1. The quantitative estimate of drug-likeness (QED) is 0.786. The Kier molecular flexibility index (Phi) is 4.40. The summed E-state index contributed by atoms with van der Waals surface area (Å²) in [4.78, 5) is 0. The van der Waals surface area contributed by atoms with Crippen LogP contribution in [0.15, 0.2) is 48.5 Å². The zero-order valence-corrected chi connectivity index (χ0v) is 13.1. The molecule has 1 fully saturated rings. The first-order valence-electron chi connectivity index (χ1n) is 8.18. The predicted molar refractivity (Wildman–Crippen MR) is 89.5 cm³/mol. The zero-order chi connectivity index (χ0) is 14.7. The van der Waals surface area contributed by atoms with Crippen LogP contribution in [-0.4, -0.2) is 0 Å². The molecule has 1 unspecified atom stereocenters. The Morgan fingerprint density at radius 1 is 1.05 bits per heavy atom. The smallest absolute Gasteiger partial charge is 0.0294 e. The van der Waals surface area contributed by atoms with E-state index in [1.807, 2.05) is 0 Å². The van der Waals surface area contributed by atoms with Gasteiger partial charge in [0, 0.05) is 12.6 Å². The van der Waals surface area contributed by atoms with Crippen LogP contribution < -0.4 is 5.32 Å². The van der Waals surface area contributed by atoms with E-state index in [9.17, 15) is 0 Å². The summed E-state index contributed by atoms with van der Waals surface area (Å²) in [6, 6.07) is 18.3. The Balaban J connectivity index is 1.64. The van der Waals surface area contributed by atoms with Crippen molar-refractivity contribution < 1.29 is 0 Å². The summed E-state index contributed by atoms with van der Waals surface area (Å²) in [5.74, 6) is 0.821. The van der Waals surface area contributed by atoms with Gasteiger partial charge in [-0.2, -0.15) is 0 Å². The fraction of sp³-hybridized carbons (Fsp3) is 0.400. The molecule has 3 rings (SSSR count). The maximum absolute atomic E-state index is 3.68. The maximum atomic E-state index is 3.68. The lowest BCUT2D eigenvalue weighted by Crippen LogP contribution is -2.18. The molecule has 2 aromatic rings. The van der Waals surface area contributed by atoms with Gasteiger partial charge < -0.3 is 5.32 Å². The average Bonchev–Trinajstić information content (AvgIpc) is 3.38. The number of rotatable bonds is 6. The maximum Gasteiger partial charge on any atom is 0.0294 e. The van der Waals surface area contributed by atoms with Crippen molar-refractivity contribution in [3.05, 3.63) is 70.8 Å². The molecule has 2 aromatic carbocycles. The fourth-order valence-corrected chi connectivity index (χ4v) is 2.91. The van der Waals surface area contributed by atoms with Crippen LogP contribution >= 0.6 is 0 Å². The molecule has 0 spiro atoms. The van der Waals surface area contributed by atoms with Crippen molar-refractivity contribution in [3.63, 3.8) is 0 Å². The molecule has 1 aliphatic rings. The van der Waals surface area contributed by atoms with Gasteiger partial charge in [0.2, 0.25) is 0 Å². The van der Waals surface area contributed by atoms with Crippen LogP contribution in [0.3, 0.4) is 0 Å². The summed E-state index contributed by atoms with van der Waals surface area (Å²) in [5.41, 5.74) is 5.80. The predicted octanol–water partition coefficient (Wildman–Crippen LogP) is 4.98. The first kappa shape index (κ1) is 14.3. The molecular formula is C20H25N. The zero-order valence-electron chi connectivity index (χ0n) is 13.1. The fourth-order valence-electron chi connectivity index (χ4n) is 2.91. The van der Waals surface area contributed by atoms with Crippen molar-refractivity contribution in [1.29, 1.82) is 0 Å². The lowest BCUT2D eigenvalue weighted by molar-refractivity contribution is 0.572. The molecule has 0 aliphatic heterocycles. The summed E-state index contributed by atoms with van der Waals surface area (Å²) in [6.07, 6.45) is 3.84. The highest BCUT2D eigenvalue weighted by atomic mass is 14.9. The third kappa shape index (κ3) is 3.54. The van der Waals surface area contributed by atoms with E-state index in [0.29, 0.717) is 6.04 Å². The molecule has 0 aromatic heterocycles. The highest BCUT2D eigenvalue weighted by Crippen LogP contribution is 2.41. The number of nitrogens with one attached hydrogen (secondary N) is 1. The van der Waals surface area contributed by atoms with Crippen LogP contribution in [0.2, 0.25) is 0 Å². The van der Waals surface area contributed by atoms with Crippen molar-refractivity contribution in [2.24, 2.45) is 0 Å². The van der Waals surface area contributed by atoms with Gasteiger partial charge >= 0.3 is 0 Å². The Morgan fingerprint density at radius 2 is 1.76 bits per heavy atom. The Labute approximate surface area is 128 Å². The first-order valence-corrected chi connectivity index (χ1v) is 8.18. The molecular weight excluding hydrogens is 254 g/mol. The van der Waals surface area contributed by atoms with Gasteiger partial charge in [-0.3, -0.25) is 0 Å². The van der Waals surface area contributed by atoms with Crippen molar-refractivity contribution in [2.75, 3.05) is 0 Å². The van der Waals surface area contributed by atoms with Gasteiger partial charge in [-0.15, -0.1) is 0 Å². The molecule has 0 bridgehead atoms. The largest absolute Gasteiger partial charge is 0.306 e. The van der Waals surface area contributed by atoms with E-state index in [0.717, 1.165) is 18.9 Å². The van der Waals surface area contributed by atoms with E-state index in [-0.39, 0.29) is 0 Å². The highest BCUT2D eigenvalue weighted by Gasteiger charge is 2.25. The summed E-state index contributed by atoms with van der Waals surface area (Å²) in [7, 11) is 0. The average molecular weight is 279 g/mol. The standard InChI is InChI=1S/C20H25N/c1-3-16-8-10-17(11-9-16)15(2)21-14-19-6-4-5-7-20(19)18-12-13-18/h4-11,15,18,21H,3,12-14H2,1-2H3. The number of benzene rings is 2. The van der Waals surface area contributed by atoms with Crippen LogP contribution in [0.4, 0.5) is 0 Å². The van der Waals surface area contributed by atoms with Gasteiger partial charge in [0.05, 0.1) is 0 Å². The highest BCUT2D eigenvalue weighted by molar-refractivity contribution is 5.33. The molecule has 21 heavy (non-hydrogen) atoms. The van der Waals surface area contributed by atoms with Crippen LogP contribution in [0, 0.1) is 0 Å². The second-order valence-corrected chi connectivity index (χ2v) is 6.17. The van der Waals surface area contributed by atoms with E-state index >= 15 is 0 Å². The van der Waals surface area contributed by atoms with Gasteiger partial charge in [0.1, 0.15) is 0 Å². The molecule has 0 amide bonds. The Morgan fingerprint density at radius 3 is 2.43 bits per heavy atom. The minimum atomic E-state index is 0.392. The topological polar surface area (TPSA) is 12.0 Å². The molecule has 1 saturated carbocycles. The normalized spacial score (nSPS) is 15.9. The van der Waals surface area contributed by atoms with Crippen molar-refractivity contribution in [3.8, 4) is 0 Å². The second kappa shape index (κ2) is 6.44. The van der Waals surface area contributed by atoms with E-state index in [1.54, 1.807) is 5.56 Å². The van der Waals surface area contributed by atoms with Crippen LogP contribution in [-0.2, 0) is 13.0 Å². The lowest BCUT2D eigenvalue weighted by atomic mass is 10.0. The molecule has 1 heteroatoms. The van der Waals surface area contributed by atoms with E-state index in [4.69, 9.17) is 0 Å². The second-order valence-electron chi connectivity index (χ2n) is 6.17. The van der Waals surface area contributed by atoms with Crippen molar-refractivity contribution in [2.45, 2.75) is 51.6 Å². The van der Waals surface area contributed by atoms with Gasteiger partial charge in [-0.25, -0.2) is 0 Å². The minimum Gasteiger partial charge on any atom is -0.306 e. The first-order chi connectivity index (χ1) is 10.3. The van der Waals surface area contributed by atoms with E-state index in [1.165, 1.54) is 29.5 Å². The van der Waals surface area contributed by atoms with E-state index in [2.05, 4.69) is 67.7 Å². The van der Waals surface area contributed by atoms with Gasteiger partial charge in [0.15, 0.2) is 0 Å². The number of hydrogen-bond donors (Lipinski definition) is 1. The monoisotopic (exact) mass is 279 g/mol. The molecule has 0 heterocycles. The third-order valence-corrected chi connectivity index (χ3v) is 4.56. The Bertz CT molecular complexity index is 581. The number of hydrogen-bond acceptors (Lipinski definition) is 1. The molecule has 1 N–H and O–H groups in total. The lowest BCUT2D eigenvalue weighted by Gasteiger charge is -2.16. The summed E-state index contributed by atoms with van der Waals surface area (Å²) >= 11 is 0. The van der Waals surface area contributed by atoms with Crippen molar-refractivity contribution in [1.82, 2.24) is 5.32 Å². The van der Waals surface area contributed by atoms with Gasteiger partial charge in [0.25, 0.3) is 0 Å².